The Hall–Kier alpha value is -1.58. The summed E-state index contributed by atoms with van der Waals surface area (Å²) in [5.41, 5.74) is 3.62. The molecule has 0 spiro atoms. The van der Waals surface area contributed by atoms with E-state index in [1.807, 2.05) is 12.1 Å². The molecule has 0 saturated heterocycles. The predicted octanol–water partition coefficient (Wildman–Crippen LogP) is 5.90. The number of hydrogen-bond donors (Lipinski definition) is 1. The summed E-state index contributed by atoms with van der Waals surface area (Å²) in [7, 11) is 0. The number of rotatable bonds is 3. The maximum atomic E-state index is 12.9. The maximum absolute atomic E-state index is 12.9. The normalized spacial score (nSPS) is 23.2. The van der Waals surface area contributed by atoms with Gasteiger partial charge in [-0.25, -0.2) is 0 Å². The van der Waals surface area contributed by atoms with Crippen LogP contribution in [0.25, 0.3) is 16.0 Å². The van der Waals surface area contributed by atoms with E-state index in [1.54, 1.807) is 0 Å². The highest BCUT2D eigenvalue weighted by Gasteiger charge is 2.41. The van der Waals surface area contributed by atoms with Gasteiger partial charge in [-0.2, -0.15) is 0 Å². The van der Waals surface area contributed by atoms with Gasteiger partial charge in [0.25, 0.3) is 0 Å². The SMILES string of the molecule is CCc1ccc(-c2ccc(Cl)s2)cc1C1=C(O)[C@@H]2CC[C@@H](C2)C1=O. The van der Waals surface area contributed by atoms with E-state index >= 15 is 0 Å². The molecule has 2 nitrogen and oxygen atoms in total. The molecule has 1 heterocycles. The van der Waals surface area contributed by atoms with Crippen molar-refractivity contribution in [1.82, 2.24) is 0 Å². The largest absolute Gasteiger partial charge is 0.511 e. The Morgan fingerprint density at radius 1 is 1.21 bits per heavy atom. The minimum absolute atomic E-state index is 0.0884. The van der Waals surface area contributed by atoms with E-state index in [9.17, 15) is 9.90 Å². The summed E-state index contributed by atoms with van der Waals surface area (Å²) >= 11 is 7.59. The standard InChI is InChI=1S/C20H19ClO2S/c1-2-11-3-4-12(16-7-8-17(21)24-16)10-15(11)18-19(22)13-5-6-14(9-13)20(18)23/h3-4,7-8,10,13-14,22H,2,5-6,9H2,1H3/t13-,14+/m1/s1. The van der Waals surface area contributed by atoms with Crippen molar-refractivity contribution in [3.63, 3.8) is 0 Å². The van der Waals surface area contributed by atoms with E-state index in [0.29, 0.717) is 11.3 Å². The molecule has 1 N–H and O–H groups in total. The van der Waals surface area contributed by atoms with Gasteiger partial charge in [-0.3, -0.25) is 4.79 Å². The molecule has 0 unspecified atom stereocenters. The van der Waals surface area contributed by atoms with Crippen LogP contribution in [0.5, 0.6) is 0 Å². The number of allylic oxidation sites excluding steroid dienone is 2. The highest BCUT2D eigenvalue weighted by Crippen LogP contribution is 2.46. The number of aliphatic hydroxyl groups excluding tert-OH is 1. The fraction of sp³-hybridized carbons (Fsp3) is 0.350. The van der Waals surface area contributed by atoms with Crippen molar-refractivity contribution >= 4 is 34.3 Å². The number of Topliss-reactive ketones (excluding diaryl/α,β-unsaturated/α-hetero) is 1. The highest BCUT2D eigenvalue weighted by molar-refractivity contribution is 7.19. The molecule has 1 saturated carbocycles. The third-order valence-corrected chi connectivity index (χ3v) is 6.59. The van der Waals surface area contributed by atoms with Crippen molar-refractivity contribution in [2.45, 2.75) is 32.6 Å². The molecule has 24 heavy (non-hydrogen) atoms. The quantitative estimate of drug-likeness (QED) is 0.741. The first-order chi connectivity index (χ1) is 11.6. The van der Waals surface area contributed by atoms with Crippen molar-refractivity contribution in [2.75, 3.05) is 0 Å². The third-order valence-electron chi connectivity index (χ3n) is 5.31. The molecule has 0 amide bonds. The van der Waals surface area contributed by atoms with Crippen LogP contribution in [0.3, 0.4) is 0 Å². The number of hydrogen-bond acceptors (Lipinski definition) is 3. The molecule has 0 aliphatic heterocycles. The lowest BCUT2D eigenvalue weighted by molar-refractivity contribution is -0.117. The highest BCUT2D eigenvalue weighted by atomic mass is 35.5. The topological polar surface area (TPSA) is 37.3 Å². The monoisotopic (exact) mass is 358 g/mol. The van der Waals surface area contributed by atoms with Crippen molar-refractivity contribution in [3.8, 4) is 10.4 Å². The zero-order chi connectivity index (χ0) is 16.8. The number of benzene rings is 1. The minimum Gasteiger partial charge on any atom is -0.511 e. The molecule has 1 aromatic heterocycles. The summed E-state index contributed by atoms with van der Waals surface area (Å²) in [5, 5.41) is 10.7. The van der Waals surface area contributed by atoms with Crippen LogP contribution in [0.15, 0.2) is 36.1 Å². The van der Waals surface area contributed by atoms with Gasteiger partial charge in [0, 0.05) is 16.7 Å². The van der Waals surface area contributed by atoms with Crippen molar-refractivity contribution < 1.29 is 9.90 Å². The van der Waals surface area contributed by atoms with Crippen molar-refractivity contribution in [3.05, 3.63) is 51.6 Å². The van der Waals surface area contributed by atoms with E-state index in [0.717, 1.165) is 51.6 Å². The van der Waals surface area contributed by atoms with Crippen LogP contribution in [0.4, 0.5) is 0 Å². The Bertz CT molecular complexity index is 849. The Labute approximate surface area is 150 Å². The first-order valence-electron chi connectivity index (χ1n) is 8.44. The lowest BCUT2D eigenvalue weighted by atomic mass is 9.81. The van der Waals surface area contributed by atoms with Gasteiger partial charge in [-0.05, 0) is 60.6 Å². The molecule has 4 heteroatoms. The van der Waals surface area contributed by atoms with Crippen LogP contribution in [-0.4, -0.2) is 10.9 Å². The number of ketones is 1. The fourth-order valence-corrected chi connectivity index (χ4v) is 5.05. The second kappa shape index (κ2) is 6.05. The zero-order valence-electron chi connectivity index (χ0n) is 13.5. The van der Waals surface area contributed by atoms with Gasteiger partial charge >= 0.3 is 0 Å². The fourth-order valence-electron chi connectivity index (χ4n) is 4.01. The van der Waals surface area contributed by atoms with Crippen LogP contribution in [0.1, 0.15) is 37.3 Å². The molecule has 2 aromatic rings. The molecule has 2 aliphatic rings. The minimum atomic E-state index is 0.0884. The number of aliphatic hydroxyl groups is 1. The molecule has 2 aliphatic carbocycles. The maximum Gasteiger partial charge on any atom is 0.169 e. The first-order valence-corrected chi connectivity index (χ1v) is 9.64. The summed E-state index contributed by atoms with van der Waals surface area (Å²) in [6, 6.07) is 10.1. The molecule has 124 valence electrons. The summed E-state index contributed by atoms with van der Waals surface area (Å²) in [5.74, 6) is 0.680. The van der Waals surface area contributed by atoms with Crippen LogP contribution >= 0.6 is 22.9 Å². The van der Waals surface area contributed by atoms with E-state index in [2.05, 4.69) is 25.1 Å². The summed E-state index contributed by atoms with van der Waals surface area (Å²) in [4.78, 5) is 14.0. The summed E-state index contributed by atoms with van der Waals surface area (Å²) in [6.07, 6.45) is 3.47. The number of halogens is 1. The van der Waals surface area contributed by atoms with Gasteiger partial charge in [0.05, 0.1) is 9.91 Å². The van der Waals surface area contributed by atoms with E-state index in [4.69, 9.17) is 11.6 Å². The molecule has 0 radical (unpaired) electrons. The molecule has 1 fully saturated rings. The molecule has 1 aromatic carbocycles. The van der Waals surface area contributed by atoms with Crippen LogP contribution in [0.2, 0.25) is 4.34 Å². The van der Waals surface area contributed by atoms with Gasteiger partial charge in [-0.15, -0.1) is 11.3 Å². The van der Waals surface area contributed by atoms with E-state index < -0.39 is 0 Å². The number of fused-ring (bicyclic) bond motifs is 2. The van der Waals surface area contributed by atoms with Crippen LogP contribution in [-0.2, 0) is 11.2 Å². The third kappa shape index (κ3) is 2.51. The first kappa shape index (κ1) is 15.9. The number of carbonyl (C=O) groups is 1. The Morgan fingerprint density at radius 3 is 2.71 bits per heavy atom. The Balaban J connectivity index is 1.87. The molecule has 4 rings (SSSR count). The zero-order valence-corrected chi connectivity index (χ0v) is 15.1. The lowest BCUT2D eigenvalue weighted by Gasteiger charge is -2.23. The molecule has 2 atom stereocenters. The molecule has 2 bridgehead atoms. The number of aryl methyl sites for hydroxylation is 1. The van der Waals surface area contributed by atoms with Crippen molar-refractivity contribution in [1.29, 1.82) is 0 Å². The van der Waals surface area contributed by atoms with Gasteiger partial charge < -0.3 is 5.11 Å². The van der Waals surface area contributed by atoms with Gasteiger partial charge in [0.1, 0.15) is 5.76 Å². The average Bonchev–Trinajstić information content (AvgIpc) is 3.21. The smallest absolute Gasteiger partial charge is 0.169 e. The van der Waals surface area contributed by atoms with Gasteiger partial charge in [0.2, 0.25) is 0 Å². The second-order valence-corrected chi connectivity index (χ2v) is 8.38. The Morgan fingerprint density at radius 2 is 2.00 bits per heavy atom. The van der Waals surface area contributed by atoms with Crippen LogP contribution < -0.4 is 0 Å². The van der Waals surface area contributed by atoms with E-state index in [1.165, 1.54) is 11.3 Å². The number of thiophene rings is 1. The number of carbonyl (C=O) groups excluding carboxylic acids is 1. The average molecular weight is 359 g/mol. The van der Waals surface area contributed by atoms with Crippen LogP contribution in [0, 0.1) is 11.8 Å². The lowest BCUT2D eigenvalue weighted by Crippen LogP contribution is -2.22. The van der Waals surface area contributed by atoms with Gasteiger partial charge in [0.15, 0.2) is 5.78 Å². The van der Waals surface area contributed by atoms with Gasteiger partial charge in [-0.1, -0.05) is 30.7 Å². The summed E-state index contributed by atoms with van der Waals surface area (Å²) < 4.78 is 0.750. The predicted molar refractivity (Wildman–Crippen MR) is 99.5 cm³/mol. The van der Waals surface area contributed by atoms with Crippen molar-refractivity contribution in [2.24, 2.45) is 11.8 Å². The molecular weight excluding hydrogens is 340 g/mol. The Kier molecular flexibility index (Phi) is 4.01. The molecular formula is C20H19ClO2S. The summed E-state index contributed by atoms with van der Waals surface area (Å²) in [6.45, 7) is 2.08. The second-order valence-electron chi connectivity index (χ2n) is 6.66. The van der Waals surface area contributed by atoms with E-state index in [-0.39, 0.29) is 17.6 Å².